The minimum atomic E-state index is -0.990. The second-order valence-electron chi connectivity index (χ2n) is 6.99. The van der Waals surface area contributed by atoms with E-state index >= 15 is 0 Å². The summed E-state index contributed by atoms with van der Waals surface area (Å²) in [6, 6.07) is 7.07. The summed E-state index contributed by atoms with van der Waals surface area (Å²) in [5.74, 6) is -1.11. The van der Waals surface area contributed by atoms with Crippen molar-refractivity contribution < 1.29 is 14.7 Å². The highest BCUT2D eigenvalue weighted by Gasteiger charge is 2.25. The van der Waals surface area contributed by atoms with Gasteiger partial charge in [-0.3, -0.25) is 4.79 Å². The van der Waals surface area contributed by atoms with Crippen LogP contribution < -0.4 is 5.32 Å². The van der Waals surface area contributed by atoms with Crippen LogP contribution in [0.15, 0.2) is 24.3 Å². The zero-order valence-corrected chi connectivity index (χ0v) is 15.5. The quantitative estimate of drug-likeness (QED) is 0.761. The van der Waals surface area contributed by atoms with Crippen LogP contribution in [0.4, 0.5) is 0 Å². The first-order valence-corrected chi connectivity index (χ1v) is 8.98. The van der Waals surface area contributed by atoms with Gasteiger partial charge in [-0.05, 0) is 37.3 Å². The van der Waals surface area contributed by atoms with Crippen LogP contribution in [0, 0.1) is 12.8 Å². The molecule has 0 aliphatic rings. The Hall–Kier alpha value is -2.30. The molecule has 1 unspecified atom stereocenters. The van der Waals surface area contributed by atoms with E-state index in [4.69, 9.17) is 0 Å². The maximum absolute atomic E-state index is 12.9. The van der Waals surface area contributed by atoms with Crippen molar-refractivity contribution in [2.45, 2.75) is 59.5 Å². The van der Waals surface area contributed by atoms with E-state index in [9.17, 15) is 14.7 Å². The van der Waals surface area contributed by atoms with Gasteiger partial charge < -0.3 is 15.0 Å². The fourth-order valence-electron chi connectivity index (χ4n) is 3.24. The normalized spacial score (nSPS) is 12.5. The molecule has 0 saturated carbocycles. The molecule has 1 amide bonds. The predicted octanol–water partition coefficient (Wildman–Crippen LogP) is 3.98. The molecule has 2 aromatic rings. The molecule has 0 aliphatic heterocycles. The van der Waals surface area contributed by atoms with E-state index in [1.165, 1.54) is 0 Å². The number of nitrogens with zero attached hydrogens (tertiary/aromatic N) is 1. The minimum absolute atomic E-state index is 0.188. The van der Waals surface area contributed by atoms with Crippen LogP contribution in [-0.2, 0) is 11.3 Å². The molecule has 0 bridgehead atoms. The molecule has 0 fully saturated rings. The number of amides is 1. The number of rotatable bonds is 8. The highest BCUT2D eigenvalue weighted by atomic mass is 16.4. The molecule has 25 heavy (non-hydrogen) atoms. The number of carbonyl (C=O) groups is 2. The molecule has 0 radical (unpaired) electrons. The molecule has 0 aliphatic carbocycles. The van der Waals surface area contributed by atoms with Gasteiger partial charge in [0.2, 0.25) is 0 Å². The number of aromatic nitrogens is 1. The Morgan fingerprint density at radius 3 is 2.52 bits per heavy atom. The van der Waals surface area contributed by atoms with Crippen LogP contribution in [0.3, 0.4) is 0 Å². The molecular weight excluding hydrogens is 316 g/mol. The van der Waals surface area contributed by atoms with Crippen molar-refractivity contribution in [1.82, 2.24) is 9.88 Å². The molecule has 5 nitrogen and oxygen atoms in total. The van der Waals surface area contributed by atoms with Crippen LogP contribution in [-0.4, -0.2) is 27.6 Å². The van der Waals surface area contributed by atoms with E-state index < -0.39 is 12.0 Å². The number of hydrogen-bond donors (Lipinski definition) is 2. The van der Waals surface area contributed by atoms with Gasteiger partial charge >= 0.3 is 5.97 Å². The Morgan fingerprint density at radius 2 is 1.92 bits per heavy atom. The molecule has 1 aromatic heterocycles. The van der Waals surface area contributed by atoms with Crippen molar-refractivity contribution in [2.75, 3.05) is 0 Å². The number of aliphatic carboxylic acids is 1. The van der Waals surface area contributed by atoms with Crippen LogP contribution in [0.25, 0.3) is 10.9 Å². The summed E-state index contributed by atoms with van der Waals surface area (Å²) in [6.45, 7) is 8.69. The highest BCUT2D eigenvalue weighted by molar-refractivity contribution is 6.02. The number of carboxylic acids is 1. The monoisotopic (exact) mass is 344 g/mol. The fraction of sp³-hybridized carbons (Fsp3) is 0.500. The topological polar surface area (TPSA) is 71.3 Å². The molecular formula is C20H28N2O3. The summed E-state index contributed by atoms with van der Waals surface area (Å²) in [5.41, 5.74) is 2.50. The second-order valence-corrected chi connectivity index (χ2v) is 6.99. The number of hydrogen-bond acceptors (Lipinski definition) is 2. The molecule has 0 saturated heterocycles. The molecule has 2 N–H and O–H groups in total. The van der Waals surface area contributed by atoms with Gasteiger partial charge in [-0.25, -0.2) is 4.79 Å². The standard InChI is InChI=1S/C20H28N2O3/c1-5-6-11-22-17-10-8-7-9-15(17)14(4)18(22)19(23)21-16(20(24)25)12-13(2)3/h7-10,13,16H,5-6,11-12H2,1-4H3,(H,21,23)(H,24,25). The Kier molecular flexibility index (Phi) is 6.23. The van der Waals surface area contributed by atoms with E-state index in [0.717, 1.165) is 35.9 Å². The van der Waals surface area contributed by atoms with Gasteiger partial charge in [0.05, 0.1) is 0 Å². The third kappa shape index (κ3) is 4.21. The van der Waals surface area contributed by atoms with Gasteiger partial charge in [-0.15, -0.1) is 0 Å². The lowest BCUT2D eigenvalue weighted by atomic mass is 10.0. The number of fused-ring (bicyclic) bond motifs is 1. The number of benzene rings is 1. The van der Waals surface area contributed by atoms with E-state index in [2.05, 4.69) is 12.2 Å². The first kappa shape index (κ1) is 19.0. The lowest BCUT2D eigenvalue weighted by molar-refractivity contribution is -0.139. The Morgan fingerprint density at radius 1 is 1.24 bits per heavy atom. The van der Waals surface area contributed by atoms with Crippen LogP contribution in [0.1, 0.15) is 56.1 Å². The molecule has 136 valence electrons. The van der Waals surface area contributed by atoms with E-state index in [1.807, 2.05) is 49.6 Å². The van der Waals surface area contributed by atoms with Crippen LogP contribution in [0.5, 0.6) is 0 Å². The van der Waals surface area contributed by atoms with Crippen molar-refractivity contribution in [2.24, 2.45) is 5.92 Å². The molecule has 5 heteroatoms. The summed E-state index contributed by atoms with van der Waals surface area (Å²) in [5, 5.41) is 13.2. The smallest absolute Gasteiger partial charge is 0.326 e. The average Bonchev–Trinajstić information content (AvgIpc) is 2.84. The largest absolute Gasteiger partial charge is 0.480 e. The fourth-order valence-corrected chi connectivity index (χ4v) is 3.24. The van der Waals surface area contributed by atoms with Gasteiger partial charge in [0.1, 0.15) is 11.7 Å². The number of carbonyl (C=O) groups excluding carboxylic acids is 1. The molecule has 0 spiro atoms. The number of para-hydroxylation sites is 1. The van der Waals surface area contributed by atoms with Gasteiger partial charge in [-0.1, -0.05) is 45.4 Å². The first-order chi connectivity index (χ1) is 11.9. The Balaban J connectivity index is 2.42. The van der Waals surface area contributed by atoms with Gasteiger partial charge in [-0.2, -0.15) is 0 Å². The zero-order valence-electron chi connectivity index (χ0n) is 15.5. The maximum Gasteiger partial charge on any atom is 0.326 e. The number of aryl methyl sites for hydroxylation is 2. The number of unbranched alkanes of at least 4 members (excludes halogenated alkanes) is 1. The van der Waals surface area contributed by atoms with Crippen molar-refractivity contribution in [3.8, 4) is 0 Å². The van der Waals surface area contributed by atoms with Crippen LogP contribution in [0.2, 0.25) is 0 Å². The van der Waals surface area contributed by atoms with Crippen LogP contribution >= 0.6 is 0 Å². The van der Waals surface area contributed by atoms with Crippen molar-refractivity contribution in [1.29, 1.82) is 0 Å². The second kappa shape index (κ2) is 8.19. The highest BCUT2D eigenvalue weighted by Crippen LogP contribution is 2.26. The minimum Gasteiger partial charge on any atom is -0.480 e. The van der Waals surface area contributed by atoms with Crippen molar-refractivity contribution in [3.63, 3.8) is 0 Å². The lowest BCUT2D eigenvalue weighted by Gasteiger charge is -2.18. The third-order valence-electron chi connectivity index (χ3n) is 4.48. The first-order valence-electron chi connectivity index (χ1n) is 8.98. The number of carboxylic acid groups (broad SMARTS) is 1. The maximum atomic E-state index is 12.9. The molecule has 1 aromatic carbocycles. The molecule has 2 rings (SSSR count). The van der Waals surface area contributed by atoms with E-state index in [-0.39, 0.29) is 11.8 Å². The van der Waals surface area contributed by atoms with Crippen molar-refractivity contribution in [3.05, 3.63) is 35.5 Å². The SMILES string of the molecule is CCCCn1c(C(=O)NC(CC(C)C)C(=O)O)c(C)c2ccccc21. The third-order valence-corrected chi connectivity index (χ3v) is 4.48. The summed E-state index contributed by atoms with van der Waals surface area (Å²) < 4.78 is 2.03. The summed E-state index contributed by atoms with van der Waals surface area (Å²) in [7, 11) is 0. The predicted molar refractivity (Wildman–Crippen MR) is 99.9 cm³/mol. The summed E-state index contributed by atoms with van der Waals surface area (Å²) in [4.78, 5) is 24.4. The van der Waals surface area contributed by atoms with Gasteiger partial charge in [0.15, 0.2) is 0 Å². The molecule has 1 heterocycles. The van der Waals surface area contributed by atoms with E-state index in [1.54, 1.807) is 0 Å². The number of nitrogens with one attached hydrogen (secondary N) is 1. The molecule has 1 atom stereocenters. The summed E-state index contributed by atoms with van der Waals surface area (Å²) >= 11 is 0. The zero-order chi connectivity index (χ0) is 18.6. The van der Waals surface area contributed by atoms with Gasteiger partial charge in [0, 0.05) is 17.4 Å². The average molecular weight is 344 g/mol. The van der Waals surface area contributed by atoms with E-state index in [0.29, 0.717) is 12.1 Å². The Labute approximate surface area is 149 Å². The summed E-state index contributed by atoms with van der Waals surface area (Å²) in [6.07, 6.45) is 2.40. The Bertz CT molecular complexity index is 762. The lowest BCUT2D eigenvalue weighted by Crippen LogP contribution is -2.42. The van der Waals surface area contributed by atoms with Crippen molar-refractivity contribution >= 4 is 22.8 Å². The van der Waals surface area contributed by atoms with Gasteiger partial charge in [0.25, 0.3) is 5.91 Å².